The van der Waals surface area contributed by atoms with Gasteiger partial charge in [-0.1, -0.05) is 0 Å². The van der Waals surface area contributed by atoms with Crippen molar-refractivity contribution in [3.05, 3.63) is 23.7 Å². The molecule has 0 aromatic carbocycles. The third-order valence-electron chi connectivity index (χ3n) is 2.84. The molecular formula is C12H14N2O2. The van der Waals surface area contributed by atoms with Crippen LogP contribution in [0.4, 0.5) is 0 Å². The van der Waals surface area contributed by atoms with Crippen LogP contribution in [0.15, 0.2) is 16.5 Å². The number of nitrogens with zero attached hydrogens (tertiary/aromatic N) is 2. The summed E-state index contributed by atoms with van der Waals surface area (Å²) in [6.07, 6.45) is 1.78. The van der Waals surface area contributed by atoms with E-state index in [-0.39, 0.29) is 11.8 Å². The molecule has 84 valence electrons. The zero-order chi connectivity index (χ0) is 11.5. The molecule has 4 heteroatoms. The average molecular weight is 218 g/mol. The van der Waals surface area contributed by atoms with Gasteiger partial charge >= 0.3 is 0 Å². The topological polar surface area (TPSA) is 57.2 Å². The van der Waals surface area contributed by atoms with Gasteiger partial charge in [-0.15, -0.1) is 0 Å². The molecule has 2 rings (SSSR count). The third-order valence-corrected chi connectivity index (χ3v) is 2.84. The number of carbonyl (C=O) groups is 1. The Morgan fingerprint density at radius 2 is 2.44 bits per heavy atom. The van der Waals surface area contributed by atoms with Crippen LogP contribution in [0, 0.1) is 24.2 Å². The third kappa shape index (κ3) is 2.08. The van der Waals surface area contributed by atoms with Crippen LogP contribution < -0.4 is 0 Å². The number of hydrogen-bond donors (Lipinski definition) is 0. The molecule has 1 saturated heterocycles. The summed E-state index contributed by atoms with van der Waals surface area (Å²) >= 11 is 0. The number of carbonyl (C=O) groups excluding carboxylic acids is 1. The van der Waals surface area contributed by atoms with Gasteiger partial charge in [0.05, 0.1) is 12.0 Å². The molecule has 0 bridgehead atoms. The van der Waals surface area contributed by atoms with Crippen molar-refractivity contribution in [2.75, 3.05) is 13.1 Å². The van der Waals surface area contributed by atoms with Crippen LogP contribution in [0.25, 0.3) is 0 Å². The molecule has 2 heterocycles. The van der Waals surface area contributed by atoms with Crippen molar-refractivity contribution in [3.63, 3.8) is 0 Å². The van der Waals surface area contributed by atoms with Crippen molar-refractivity contribution < 1.29 is 9.21 Å². The molecule has 1 aliphatic heterocycles. The van der Waals surface area contributed by atoms with E-state index in [4.69, 9.17) is 9.68 Å². The molecule has 1 aromatic heterocycles. The lowest BCUT2D eigenvalue weighted by Gasteiger charge is -2.28. The van der Waals surface area contributed by atoms with Gasteiger partial charge in [0.1, 0.15) is 5.76 Å². The number of furan rings is 1. The van der Waals surface area contributed by atoms with E-state index in [1.165, 1.54) is 0 Å². The summed E-state index contributed by atoms with van der Waals surface area (Å²) in [7, 11) is 0. The Morgan fingerprint density at radius 3 is 3.06 bits per heavy atom. The predicted octanol–water partition coefficient (Wildman–Crippen LogP) is 1.96. The molecule has 16 heavy (non-hydrogen) atoms. The Kier molecular flexibility index (Phi) is 2.95. The first-order chi connectivity index (χ1) is 7.70. The van der Waals surface area contributed by atoms with E-state index in [1.54, 1.807) is 17.0 Å². The van der Waals surface area contributed by atoms with Crippen LogP contribution in [0.3, 0.4) is 0 Å². The highest BCUT2D eigenvalue weighted by atomic mass is 16.3. The predicted molar refractivity (Wildman–Crippen MR) is 57.7 cm³/mol. The summed E-state index contributed by atoms with van der Waals surface area (Å²) < 4.78 is 5.29. The van der Waals surface area contributed by atoms with Crippen molar-refractivity contribution in [1.29, 1.82) is 5.26 Å². The van der Waals surface area contributed by atoms with Crippen molar-refractivity contribution in [1.82, 2.24) is 4.90 Å². The lowest BCUT2D eigenvalue weighted by atomic mass is 9.99. The van der Waals surface area contributed by atoms with E-state index in [9.17, 15) is 4.79 Å². The standard InChI is InChI=1S/C12H14N2O2/c1-9-4-5-11(16-9)12(15)14-6-2-3-10(7-13)8-14/h4-5,10H,2-3,6,8H2,1H3. The Balaban J connectivity index is 2.08. The summed E-state index contributed by atoms with van der Waals surface area (Å²) in [4.78, 5) is 13.7. The molecule has 0 radical (unpaired) electrons. The van der Waals surface area contributed by atoms with Gasteiger partial charge in [0.25, 0.3) is 5.91 Å². The van der Waals surface area contributed by atoms with E-state index >= 15 is 0 Å². The van der Waals surface area contributed by atoms with Crippen LogP contribution >= 0.6 is 0 Å². The van der Waals surface area contributed by atoms with Gasteiger partial charge in [0.15, 0.2) is 5.76 Å². The van der Waals surface area contributed by atoms with Gasteiger partial charge in [-0.05, 0) is 31.9 Å². The normalized spacial score (nSPS) is 20.5. The molecule has 1 unspecified atom stereocenters. The summed E-state index contributed by atoms with van der Waals surface area (Å²) in [6, 6.07) is 5.69. The lowest BCUT2D eigenvalue weighted by Crippen LogP contribution is -2.39. The molecular weight excluding hydrogens is 204 g/mol. The van der Waals surface area contributed by atoms with E-state index in [0.717, 1.165) is 25.1 Å². The van der Waals surface area contributed by atoms with Gasteiger partial charge in [-0.2, -0.15) is 5.26 Å². The number of likely N-dealkylation sites (tertiary alicyclic amines) is 1. The van der Waals surface area contributed by atoms with E-state index in [0.29, 0.717) is 12.3 Å². The summed E-state index contributed by atoms with van der Waals surface area (Å²) in [5, 5.41) is 8.85. The fourth-order valence-corrected chi connectivity index (χ4v) is 1.97. The molecule has 1 fully saturated rings. The highest BCUT2D eigenvalue weighted by Gasteiger charge is 2.25. The van der Waals surface area contributed by atoms with Crippen molar-refractivity contribution in [3.8, 4) is 6.07 Å². The van der Waals surface area contributed by atoms with Crippen molar-refractivity contribution in [2.45, 2.75) is 19.8 Å². The van der Waals surface area contributed by atoms with Crippen LogP contribution in [0.1, 0.15) is 29.2 Å². The van der Waals surface area contributed by atoms with Gasteiger partial charge in [0, 0.05) is 13.1 Å². The first kappa shape index (κ1) is 10.7. The quantitative estimate of drug-likeness (QED) is 0.724. The van der Waals surface area contributed by atoms with Gasteiger partial charge < -0.3 is 9.32 Å². The van der Waals surface area contributed by atoms with Crippen molar-refractivity contribution >= 4 is 5.91 Å². The number of nitriles is 1. The van der Waals surface area contributed by atoms with Gasteiger partial charge in [-0.3, -0.25) is 4.79 Å². The second-order valence-electron chi connectivity index (χ2n) is 4.13. The zero-order valence-corrected chi connectivity index (χ0v) is 9.27. The minimum atomic E-state index is -0.104. The van der Waals surface area contributed by atoms with E-state index in [2.05, 4.69) is 6.07 Å². The smallest absolute Gasteiger partial charge is 0.289 e. The first-order valence-electron chi connectivity index (χ1n) is 5.46. The van der Waals surface area contributed by atoms with E-state index in [1.807, 2.05) is 6.92 Å². The molecule has 1 atom stereocenters. The number of rotatable bonds is 1. The maximum Gasteiger partial charge on any atom is 0.289 e. The fraction of sp³-hybridized carbons (Fsp3) is 0.500. The number of piperidine rings is 1. The molecule has 0 spiro atoms. The average Bonchev–Trinajstić information content (AvgIpc) is 2.75. The monoisotopic (exact) mass is 218 g/mol. The van der Waals surface area contributed by atoms with E-state index < -0.39 is 0 Å². The Hall–Kier alpha value is -1.76. The summed E-state index contributed by atoms with van der Waals surface area (Å²) in [6.45, 7) is 3.05. The second kappa shape index (κ2) is 4.40. The van der Waals surface area contributed by atoms with Gasteiger partial charge in [-0.25, -0.2) is 0 Å². The largest absolute Gasteiger partial charge is 0.456 e. The van der Waals surface area contributed by atoms with Gasteiger partial charge in [0.2, 0.25) is 0 Å². The highest BCUT2D eigenvalue weighted by molar-refractivity contribution is 5.91. The van der Waals surface area contributed by atoms with Crippen molar-refractivity contribution in [2.24, 2.45) is 5.92 Å². The zero-order valence-electron chi connectivity index (χ0n) is 9.27. The second-order valence-corrected chi connectivity index (χ2v) is 4.13. The molecule has 1 amide bonds. The molecule has 0 aliphatic carbocycles. The van der Waals surface area contributed by atoms with Crippen LogP contribution in [0.5, 0.6) is 0 Å². The lowest BCUT2D eigenvalue weighted by molar-refractivity contribution is 0.0665. The SMILES string of the molecule is Cc1ccc(C(=O)N2CCCC(C#N)C2)o1. The minimum absolute atomic E-state index is 0.0336. The van der Waals surface area contributed by atoms with Crippen LogP contribution in [-0.2, 0) is 0 Å². The molecule has 1 aromatic rings. The Labute approximate surface area is 94.5 Å². The fourth-order valence-electron chi connectivity index (χ4n) is 1.97. The van der Waals surface area contributed by atoms with Crippen LogP contribution in [-0.4, -0.2) is 23.9 Å². The molecule has 1 aliphatic rings. The Bertz CT molecular complexity index is 430. The maximum absolute atomic E-state index is 12.0. The summed E-state index contributed by atoms with van der Waals surface area (Å²) in [5.41, 5.74) is 0. The highest BCUT2D eigenvalue weighted by Crippen LogP contribution is 2.18. The molecule has 0 saturated carbocycles. The summed E-state index contributed by atoms with van der Waals surface area (Å²) in [5.74, 6) is 0.968. The Morgan fingerprint density at radius 1 is 1.62 bits per heavy atom. The molecule has 0 N–H and O–H groups in total. The number of aryl methyl sites for hydroxylation is 1. The van der Waals surface area contributed by atoms with Crippen LogP contribution in [0.2, 0.25) is 0 Å². The maximum atomic E-state index is 12.0. The molecule has 4 nitrogen and oxygen atoms in total. The number of amides is 1. The first-order valence-corrected chi connectivity index (χ1v) is 5.46. The number of hydrogen-bond acceptors (Lipinski definition) is 3. The minimum Gasteiger partial charge on any atom is -0.456 e.